The standard InChI is InChI=1S/C11H12BrN3O/c1-7(6-10(16)15-11(13)14)8-2-4-9(12)5-3-8/h2-6H,1H3,(H4,13,14,15,16)/b7-6+. The van der Waals surface area contributed by atoms with Gasteiger partial charge in [-0.1, -0.05) is 28.1 Å². The third-order valence-electron chi connectivity index (χ3n) is 1.88. The molecule has 0 aliphatic carbocycles. The Morgan fingerprint density at radius 3 is 2.38 bits per heavy atom. The molecule has 4 nitrogen and oxygen atoms in total. The van der Waals surface area contributed by atoms with Crippen molar-refractivity contribution in [2.24, 2.45) is 16.5 Å². The van der Waals surface area contributed by atoms with Crippen LogP contribution in [-0.4, -0.2) is 11.9 Å². The van der Waals surface area contributed by atoms with Crippen LogP contribution in [0.15, 0.2) is 39.8 Å². The van der Waals surface area contributed by atoms with E-state index in [2.05, 4.69) is 20.9 Å². The minimum absolute atomic E-state index is 0.232. The maximum absolute atomic E-state index is 11.3. The Balaban J connectivity index is 2.89. The number of rotatable bonds is 2. The van der Waals surface area contributed by atoms with E-state index in [9.17, 15) is 4.79 Å². The van der Waals surface area contributed by atoms with E-state index >= 15 is 0 Å². The number of allylic oxidation sites excluding steroid dienone is 1. The van der Waals surface area contributed by atoms with Crippen LogP contribution < -0.4 is 11.5 Å². The molecule has 0 saturated heterocycles. The zero-order chi connectivity index (χ0) is 12.1. The lowest BCUT2D eigenvalue weighted by molar-refractivity contribution is -0.113. The summed E-state index contributed by atoms with van der Waals surface area (Å²) in [5.74, 6) is -0.690. The predicted octanol–water partition coefficient (Wildman–Crippen LogP) is 1.65. The molecule has 16 heavy (non-hydrogen) atoms. The molecule has 0 aromatic heterocycles. The molecule has 0 saturated carbocycles. The van der Waals surface area contributed by atoms with Crippen molar-refractivity contribution < 1.29 is 4.79 Å². The van der Waals surface area contributed by atoms with Gasteiger partial charge in [-0.15, -0.1) is 0 Å². The van der Waals surface area contributed by atoms with E-state index in [0.717, 1.165) is 15.6 Å². The van der Waals surface area contributed by atoms with Crippen molar-refractivity contribution in [2.45, 2.75) is 6.92 Å². The van der Waals surface area contributed by atoms with Crippen LogP contribution in [0.4, 0.5) is 0 Å². The van der Waals surface area contributed by atoms with Crippen LogP contribution in [0.25, 0.3) is 5.57 Å². The normalized spacial score (nSPS) is 11.0. The molecule has 0 heterocycles. The number of nitrogens with two attached hydrogens (primary N) is 2. The molecule has 4 N–H and O–H groups in total. The summed E-state index contributed by atoms with van der Waals surface area (Å²) in [5.41, 5.74) is 12.0. The van der Waals surface area contributed by atoms with Gasteiger partial charge in [0.25, 0.3) is 5.91 Å². The zero-order valence-electron chi connectivity index (χ0n) is 8.77. The summed E-state index contributed by atoms with van der Waals surface area (Å²) in [7, 11) is 0. The van der Waals surface area contributed by atoms with E-state index < -0.39 is 5.91 Å². The largest absolute Gasteiger partial charge is 0.370 e. The van der Waals surface area contributed by atoms with Crippen LogP contribution in [0, 0.1) is 0 Å². The van der Waals surface area contributed by atoms with Gasteiger partial charge in [0.2, 0.25) is 0 Å². The van der Waals surface area contributed by atoms with Gasteiger partial charge in [-0.25, -0.2) is 0 Å². The summed E-state index contributed by atoms with van der Waals surface area (Å²) in [6, 6.07) is 7.60. The SMILES string of the molecule is C/C(=C\C(=O)N=C(N)N)c1ccc(Br)cc1. The van der Waals surface area contributed by atoms with Crippen LogP contribution in [0.5, 0.6) is 0 Å². The van der Waals surface area contributed by atoms with Crippen molar-refractivity contribution in [3.63, 3.8) is 0 Å². The topological polar surface area (TPSA) is 81.5 Å². The van der Waals surface area contributed by atoms with E-state index in [1.807, 2.05) is 31.2 Å². The molecule has 0 fully saturated rings. The molecule has 0 atom stereocenters. The van der Waals surface area contributed by atoms with E-state index in [1.54, 1.807) is 0 Å². The molecule has 84 valence electrons. The number of carbonyl (C=O) groups excluding carboxylic acids is 1. The average Bonchev–Trinajstić information content (AvgIpc) is 2.16. The molecule has 1 rings (SSSR count). The van der Waals surface area contributed by atoms with Gasteiger partial charge in [0, 0.05) is 10.5 Å². The van der Waals surface area contributed by atoms with Gasteiger partial charge in [0.1, 0.15) is 0 Å². The second kappa shape index (κ2) is 5.46. The smallest absolute Gasteiger partial charge is 0.273 e. The highest BCUT2D eigenvalue weighted by Crippen LogP contribution is 2.17. The number of halogens is 1. The first-order valence-corrected chi connectivity index (χ1v) is 5.36. The minimum Gasteiger partial charge on any atom is -0.370 e. The lowest BCUT2D eigenvalue weighted by Gasteiger charge is -2.00. The first-order valence-electron chi connectivity index (χ1n) is 4.57. The summed E-state index contributed by atoms with van der Waals surface area (Å²) in [6.07, 6.45) is 1.39. The number of amides is 1. The van der Waals surface area contributed by atoms with Gasteiger partial charge < -0.3 is 11.5 Å². The van der Waals surface area contributed by atoms with E-state index in [0.29, 0.717) is 0 Å². The van der Waals surface area contributed by atoms with Gasteiger partial charge in [-0.05, 0) is 30.2 Å². The highest BCUT2D eigenvalue weighted by molar-refractivity contribution is 9.10. The van der Waals surface area contributed by atoms with Crippen molar-refractivity contribution in [1.29, 1.82) is 0 Å². The second-order valence-corrected chi connectivity index (χ2v) is 4.12. The lowest BCUT2D eigenvalue weighted by atomic mass is 10.1. The van der Waals surface area contributed by atoms with Crippen molar-refractivity contribution in [1.82, 2.24) is 0 Å². The fraction of sp³-hybridized carbons (Fsp3) is 0.0909. The molecule has 1 amide bonds. The average molecular weight is 282 g/mol. The van der Waals surface area contributed by atoms with Crippen LogP contribution in [-0.2, 0) is 4.79 Å². The molecular formula is C11H12BrN3O. The molecule has 5 heteroatoms. The van der Waals surface area contributed by atoms with E-state index in [-0.39, 0.29) is 5.96 Å². The Hall–Kier alpha value is -1.62. The Labute approximate surface area is 102 Å². The molecule has 0 aliphatic rings. The van der Waals surface area contributed by atoms with Gasteiger partial charge in [-0.3, -0.25) is 4.79 Å². The Bertz CT molecular complexity index is 445. The summed E-state index contributed by atoms with van der Waals surface area (Å²) >= 11 is 3.34. The number of carbonyl (C=O) groups is 1. The van der Waals surface area contributed by atoms with Gasteiger partial charge in [0.05, 0.1) is 0 Å². The van der Waals surface area contributed by atoms with E-state index in [4.69, 9.17) is 11.5 Å². The Morgan fingerprint density at radius 2 is 1.88 bits per heavy atom. The second-order valence-electron chi connectivity index (χ2n) is 3.21. The first-order chi connectivity index (χ1) is 7.49. The Morgan fingerprint density at radius 1 is 1.31 bits per heavy atom. The van der Waals surface area contributed by atoms with Crippen molar-refractivity contribution in [3.05, 3.63) is 40.4 Å². The maximum Gasteiger partial charge on any atom is 0.273 e. The van der Waals surface area contributed by atoms with Crippen LogP contribution in [0.2, 0.25) is 0 Å². The first kappa shape index (κ1) is 12.4. The summed E-state index contributed by atoms with van der Waals surface area (Å²) < 4.78 is 0.986. The number of nitrogens with zero attached hydrogens (tertiary/aromatic N) is 1. The molecule has 0 radical (unpaired) electrons. The van der Waals surface area contributed by atoms with Gasteiger partial charge in [-0.2, -0.15) is 4.99 Å². The third kappa shape index (κ3) is 3.86. The summed E-state index contributed by atoms with van der Waals surface area (Å²) in [5, 5.41) is 0. The number of hydrogen-bond acceptors (Lipinski definition) is 1. The van der Waals surface area contributed by atoms with E-state index in [1.165, 1.54) is 6.08 Å². The van der Waals surface area contributed by atoms with Crippen LogP contribution in [0.3, 0.4) is 0 Å². The van der Waals surface area contributed by atoms with Crippen molar-refractivity contribution in [3.8, 4) is 0 Å². The predicted molar refractivity (Wildman–Crippen MR) is 68.6 cm³/mol. The highest BCUT2D eigenvalue weighted by atomic mass is 79.9. The molecular weight excluding hydrogens is 270 g/mol. The van der Waals surface area contributed by atoms with Crippen LogP contribution >= 0.6 is 15.9 Å². The molecule has 1 aromatic carbocycles. The Kier molecular flexibility index (Phi) is 4.25. The molecule has 0 aliphatic heterocycles. The van der Waals surface area contributed by atoms with Gasteiger partial charge in [0.15, 0.2) is 5.96 Å². The molecule has 0 bridgehead atoms. The maximum atomic E-state index is 11.3. The van der Waals surface area contributed by atoms with Crippen LogP contribution in [0.1, 0.15) is 12.5 Å². The fourth-order valence-corrected chi connectivity index (χ4v) is 1.41. The third-order valence-corrected chi connectivity index (χ3v) is 2.41. The number of aliphatic imine (C=N–C) groups is 1. The molecule has 0 spiro atoms. The highest BCUT2D eigenvalue weighted by Gasteiger charge is 1.99. The summed E-state index contributed by atoms with van der Waals surface area (Å²) in [4.78, 5) is 14.7. The minimum atomic E-state index is -0.458. The quantitative estimate of drug-likeness (QED) is 0.491. The van der Waals surface area contributed by atoms with Crippen molar-refractivity contribution >= 4 is 33.4 Å². The zero-order valence-corrected chi connectivity index (χ0v) is 10.4. The van der Waals surface area contributed by atoms with Gasteiger partial charge >= 0.3 is 0 Å². The summed E-state index contributed by atoms with van der Waals surface area (Å²) in [6.45, 7) is 1.82. The monoisotopic (exact) mass is 281 g/mol. The number of guanidine groups is 1. The van der Waals surface area contributed by atoms with Crippen molar-refractivity contribution in [2.75, 3.05) is 0 Å². The number of hydrogen-bond donors (Lipinski definition) is 2. The molecule has 0 unspecified atom stereocenters. The molecule has 1 aromatic rings. The number of benzene rings is 1. The lowest BCUT2D eigenvalue weighted by Crippen LogP contribution is -2.23. The fourth-order valence-electron chi connectivity index (χ4n) is 1.14.